The Bertz CT molecular complexity index is 873. The van der Waals surface area contributed by atoms with Gasteiger partial charge in [0.2, 0.25) is 0 Å². The number of esters is 2. The fraction of sp³-hybridized carbons (Fsp3) is 0.364. The van der Waals surface area contributed by atoms with Gasteiger partial charge in [0.1, 0.15) is 0 Å². The van der Waals surface area contributed by atoms with Gasteiger partial charge >= 0.3 is 11.9 Å². The van der Waals surface area contributed by atoms with Crippen LogP contribution in [-0.4, -0.2) is 37.7 Å². The lowest BCUT2D eigenvalue weighted by molar-refractivity contribution is -0.168. The van der Waals surface area contributed by atoms with E-state index in [0.717, 1.165) is 0 Å². The molecule has 0 amide bonds. The first-order valence-corrected chi connectivity index (χ1v) is 8.87. The van der Waals surface area contributed by atoms with Gasteiger partial charge in [0, 0.05) is 24.0 Å². The largest absolute Gasteiger partial charge is 0.468 e. The highest BCUT2D eigenvalue weighted by molar-refractivity contribution is 6.21. The van der Waals surface area contributed by atoms with Crippen LogP contribution in [0.25, 0.3) is 5.57 Å². The predicted molar refractivity (Wildman–Crippen MR) is 103 cm³/mol. The van der Waals surface area contributed by atoms with Crippen LogP contribution in [0.15, 0.2) is 47.1 Å². The Kier molecular flexibility index (Phi) is 6.33. The van der Waals surface area contributed by atoms with Crippen LogP contribution < -0.4 is 0 Å². The average Bonchev–Trinajstić information content (AvgIpc) is 3.09. The molecule has 0 spiro atoms. The number of hydrogen-bond acceptors (Lipinski definition) is 6. The third-order valence-electron chi connectivity index (χ3n) is 5.14. The van der Waals surface area contributed by atoms with E-state index in [-0.39, 0.29) is 24.4 Å². The fourth-order valence-corrected chi connectivity index (χ4v) is 3.78. The number of carbonyl (C=O) groups is 4. The monoisotopic (exact) mass is 384 g/mol. The third kappa shape index (κ3) is 3.67. The minimum absolute atomic E-state index is 0.0588. The summed E-state index contributed by atoms with van der Waals surface area (Å²) >= 11 is 0. The second-order valence-corrected chi connectivity index (χ2v) is 6.85. The molecule has 2 rings (SSSR count). The lowest BCUT2D eigenvalue weighted by atomic mass is 9.82. The highest BCUT2D eigenvalue weighted by Gasteiger charge is 2.54. The number of ether oxygens (including phenoxy) is 2. The minimum Gasteiger partial charge on any atom is -0.468 e. The van der Waals surface area contributed by atoms with Crippen LogP contribution in [0.3, 0.4) is 0 Å². The number of methoxy groups -OCH3 is 2. The van der Waals surface area contributed by atoms with Crippen LogP contribution in [0, 0.1) is 5.41 Å². The molecule has 0 heterocycles. The standard InChI is InChI=1S/C22H24O6/c1-13(19(15(3)24)16-9-7-6-8-10-16)17-11-22(20(25)27-4,21(26)28-5)12-18(17)14(2)23/h6-10H,11-12H2,1-5H3/b19-13+. The van der Waals surface area contributed by atoms with Gasteiger partial charge in [-0.3, -0.25) is 19.2 Å². The topological polar surface area (TPSA) is 86.7 Å². The first-order chi connectivity index (χ1) is 13.2. The van der Waals surface area contributed by atoms with Crippen LogP contribution in [0.2, 0.25) is 0 Å². The van der Waals surface area contributed by atoms with Crippen LogP contribution in [-0.2, 0) is 28.7 Å². The molecule has 0 unspecified atom stereocenters. The summed E-state index contributed by atoms with van der Waals surface area (Å²) < 4.78 is 9.70. The molecule has 0 atom stereocenters. The summed E-state index contributed by atoms with van der Waals surface area (Å²) in [6, 6.07) is 9.07. The van der Waals surface area contributed by atoms with E-state index in [1.807, 2.05) is 18.2 Å². The second kappa shape index (κ2) is 8.33. The maximum atomic E-state index is 12.5. The van der Waals surface area contributed by atoms with E-state index >= 15 is 0 Å². The molecule has 1 aromatic rings. The third-order valence-corrected chi connectivity index (χ3v) is 5.14. The van der Waals surface area contributed by atoms with Crippen molar-refractivity contribution in [3.8, 4) is 0 Å². The van der Waals surface area contributed by atoms with Gasteiger partial charge in [0.15, 0.2) is 17.0 Å². The van der Waals surface area contributed by atoms with Crippen molar-refractivity contribution in [3.05, 3.63) is 52.6 Å². The summed E-state index contributed by atoms with van der Waals surface area (Å²) in [6.07, 6.45) is -0.176. The van der Waals surface area contributed by atoms with E-state index < -0.39 is 17.4 Å². The van der Waals surface area contributed by atoms with Crippen LogP contribution >= 0.6 is 0 Å². The molecule has 0 radical (unpaired) electrons. The van der Waals surface area contributed by atoms with Crippen LogP contribution in [0.1, 0.15) is 39.2 Å². The molecule has 0 saturated carbocycles. The van der Waals surface area contributed by atoms with Crippen molar-refractivity contribution in [3.63, 3.8) is 0 Å². The number of benzene rings is 1. The van der Waals surface area contributed by atoms with Gasteiger partial charge in [-0.05, 0) is 37.5 Å². The lowest BCUT2D eigenvalue weighted by Crippen LogP contribution is -2.39. The zero-order chi connectivity index (χ0) is 21.1. The van der Waals surface area contributed by atoms with Gasteiger partial charge < -0.3 is 9.47 Å². The van der Waals surface area contributed by atoms with E-state index in [1.165, 1.54) is 28.1 Å². The maximum Gasteiger partial charge on any atom is 0.323 e. The smallest absolute Gasteiger partial charge is 0.323 e. The Morgan fingerprint density at radius 1 is 0.821 bits per heavy atom. The number of rotatable bonds is 6. The second-order valence-electron chi connectivity index (χ2n) is 6.85. The van der Waals surface area contributed by atoms with Gasteiger partial charge in [-0.25, -0.2) is 0 Å². The van der Waals surface area contributed by atoms with Gasteiger partial charge in [-0.15, -0.1) is 0 Å². The van der Waals surface area contributed by atoms with E-state index in [9.17, 15) is 19.2 Å². The molecule has 6 nitrogen and oxygen atoms in total. The molecule has 1 aliphatic carbocycles. The first kappa shape index (κ1) is 21.3. The average molecular weight is 384 g/mol. The van der Waals surface area contributed by atoms with Crippen molar-refractivity contribution in [1.29, 1.82) is 0 Å². The SMILES string of the molecule is COC(=O)C1(C(=O)OC)CC(C(C)=O)=C(/C(C)=C(\C(C)=O)c2ccccc2)C1. The summed E-state index contributed by atoms with van der Waals surface area (Å²) in [5, 5.41) is 0. The van der Waals surface area contributed by atoms with Gasteiger partial charge in [-0.2, -0.15) is 0 Å². The molecule has 0 bridgehead atoms. The molecule has 0 N–H and O–H groups in total. The zero-order valence-electron chi connectivity index (χ0n) is 16.8. The summed E-state index contributed by atoms with van der Waals surface area (Å²) in [4.78, 5) is 49.7. The van der Waals surface area contributed by atoms with Crippen molar-refractivity contribution in [2.45, 2.75) is 33.6 Å². The number of hydrogen-bond donors (Lipinski definition) is 0. The molecule has 1 aliphatic rings. The molecule has 0 fully saturated rings. The Morgan fingerprint density at radius 2 is 1.32 bits per heavy atom. The summed E-state index contributed by atoms with van der Waals surface area (Å²) in [5.41, 5.74) is 0.940. The number of allylic oxidation sites excluding steroid dienone is 4. The summed E-state index contributed by atoms with van der Waals surface area (Å²) in [5.74, 6) is -1.96. The molecular formula is C22H24O6. The zero-order valence-corrected chi connectivity index (χ0v) is 16.8. The fourth-order valence-electron chi connectivity index (χ4n) is 3.78. The highest BCUT2D eigenvalue weighted by atomic mass is 16.5. The predicted octanol–water partition coefficient (Wildman–Crippen LogP) is 3.06. The Morgan fingerprint density at radius 3 is 1.75 bits per heavy atom. The molecule has 28 heavy (non-hydrogen) atoms. The van der Waals surface area contributed by atoms with E-state index in [4.69, 9.17) is 9.47 Å². The van der Waals surface area contributed by atoms with Crippen molar-refractivity contribution >= 4 is 29.1 Å². The Labute approximate surface area is 164 Å². The van der Waals surface area contributed by atoms with Gasteiger partial charge in [-0.1, -0.05) is 30.3 Å². The summed E-state index contributed by atoms with van der Waals surface area (Å²) in [6.45, 7) is 4.55. The van der Waals surface area contributed by atoms with Crippen molar-refractivity contribution < 1.29 is 28.7 Å². The molecule has 0 aliphatic heterocycles. The normalized spacial score (nSPS) is 16.3. The molecule has 0 aromatic heterocycles. The van der Waals surface area contributed by atoms with Gasteiger partial charge in [0.25, 0.3) is 0 Å². The molecule has 0 saturated heterocycles. The van der Waals surface area contributed by atoms with Crippen molar-refractivity contribution in [1.82, 2.24) is 0 Å². The quantitative estimate of drug-likeness (QED) is 0.426. The number of carbonyl (C=O) groups excluding carboxylic acids is 4. The lowest BCUT2D eigenvalue weighted by Gasteiger charge is -2.23. The number of Topliss-reactive ketones (excluding diaryl/α,β-unsaturated/α-hetero) is 2. The molecule has 6 heteroatoms. The van der Waals surface area contributed by atoms with Crippen LogP contribution in [0.5, 0.6) is 0 Å². The first-order valence-electron chi connectivity index (χ1n) is 8.87. The van der Waals surface area contributed by atoms with Crippen molar-refractivity contribution in [2.24, 2.45) is 5.41 Å². The van der Waals surface area contributed by atoms with Crippen molar-refractivity contribution in [2.75, 3.05) is 14.2 Å². The van der Waals surface area contributed by atoms with E-state index in [0.29, 0.717) is 27.9 Å². The van der Waals surface area contributed by atoms with Crippen LogP contribution in [0.4, 0.5) is 0 Å². The molecule has 148 valence electrons. The molecule has 1 aromatic carbocycles. The Balaban J connectivity index is 2.70. The van der Waals surface area contributed by atoms with E-state index in [1.54, 1.807) is 19.1 Å². The maximum absolute atomic E-state index is 12.5. The Hall–Kier alpha value is -3.02. The summed E-state index contributed by atoms with van der Waals surface area (Å²) in [7, 11) is 2.37. The number of ketones is 2. The highest BCUT2D eigenvalue weighted by Crippen LogP contribution is 2.48. The minimum atomic E-state index is -1.63. The van der Waals surface area contributed by atoms with E-state index in [2.05, 4.69) is 0 Å². The molecular weight excluding hydrogens is 360 g/mol. The van der Waals surface area contributed by atoms with Gasteiger partial charge in [0.05, 0.1) is 14.2 Å².